The smallest absolute Gasteiger partial charge is 0.243 e. The Hall–Kier alpha value is -0.950. The highest BCUT2D eigenvalue weighted by molar-refractivity contribution is 7.89. The van der Waals surface area contributed by atoms with E-state index in [1.54, 1.807) is 26.1 Å². The van der Waals surface area contributed by atoms with Crippen molar-refractivity contribution in [2.45, 2.75) is 56.2 Å². The molecule has 1 aliphatic carbocycles. The molecule has 6 heteroatoms. The third-order valence-corrected chi connectivity index (χ3v) is 6.33. The lowest BCUT2D eigenvalue weighted by molar-refractivity contribution is 0.0638. The number of aliphatic hydroxyl groups excluding tert-OH is 1. The van der Waals surface area contributed by atoms with E-state index in [1.165, 1.54) is 4.31 Å². The van der Waals surface area contributed by atoms with Crippen molar-refractivity contribution in [2.75, 3.05) is 7.05 Å². The number of benzene rings is 1. The zero-order valence-corrected chi connectivity index (χ0v) is 13.4. The minimum Gasteiger partial charge on any atom is -0.391 e. The van der Waals surface area contributed by atoms with Crippen LogP contribution in [0, 0.1) is 6.92 Å². The van der Waals surface area contributed by atoms with E-state index >= 15 is 0 Å². The van der Waals surface area contributed by atoms with Gasteiger partial charge in [0.05, 0.1) is 17.0 Å². The first-order valence-corrected chi connectivity index (χ1v) is 8.77. The van der Waals surface area contributed by atoms with Crippen LogP contribution in [0.4, 0.5) is 0 Å². The van der Waals surface area contributed by atoms with Crippen molar-refractivity contribution in [3.05, 3.63) is 29.3 Å². The Labute approximate surface area is 126 Å². The highest BCUT2D eigenvalue weighted by Crippen LogP contribution is 2.28. The van der Waals surface area contributed by atoms with Gasteiger partial charge in [0.1, 0.15) is 0 Å². The Balaban J connectivity index is 2.36. The molecule has 1 aromatic rings. The van der Waals surface area contributed by atoms with Crippen molar-refractivity contribution in [2.24, 2.45) is 5.73 Å². The molecule has 5 nitrogen and oxygen atoms in total. The molecule has 0 spiro atoms. The Kier molecular flexibility index (Phi) is 5.03. The molecule has 2 unspecified atom stereocenters. The monoisotopic (exact) mass is 312 g/mol. The lowest BCUT2D eigenvalue weighted by Gasteiger charge is -2.34. The van der Waals surface area contributed by atoms with Gasteiger partial charge in [-0.3, -0.25) is 0 Å². The maximum Gasteiger partial charge on any atom is 0.243 e. The van der Waals surface area contributed by atoms with E-state index in [0.29, 0.717) is 24.9 Å². The van der Waals surface area contributed by atoms with Crippen LogP contribution in [0.5, 0.6) is 0 Å². The minimum atomic E-state index is -3.62. The number of hydrogen-bond donors (Lipinski definition) is 2. The van der Waals surface area contributed by atoms with Gasteiger partial charge < -0.3 is 10.8 Å². The molecule has 21 heavy (non-hydrogen) atoms. The lowest BCUT2D eigenvalue weighted by Crippen LogP contribution is -2.46. The fourth-order valence-corrected chi connectivity index (χ4v) is 4.59. The van der Waals surface area contributed by atoms with Crippen LogP contribution in [-0.2, 0) is 16.6 Å². The summed E-state index contributed by atoms with van der Waals surface area (Å²) >= 11 is 0. The minimum absolute atomic E-state index is 0.283. The standard InChI is InChI=1S/C15H24N2O3S/c1-11-7-8-12(10-16)9-15(11)21(19,20)17(2)13-5-3-4-6-14(13)18/h7-9,13-14,18H,3-6,10,16H2,1-2H3. The van der Waals surface area contributed by atoms with Crippen LogP contribution in [0.1, 0.15) is 36.8 Å². The fraction of sp³-hybridized carbons (Fsp3) is 0.600. The molecule has 0 aromatic heterocycles. The van der Waals surface area contributed by atoms with Gasteiger partial charge in [0, 0.05) is 13.6 Å². The number of nitrogens with two attached hydrogens (primary N) is 1. The number of sulfonamides is 1. The largest absolute Gasteiger partial charge is 0.391 e. The second kappa shape index (κ2) is 6.44. The molecule has 1 aliphatic rings. The van der Waals surface area contributed by atoms with E-state index in [2.05, 4.69) is 0 Å². The summed E-state index contributed by atoms with van der Waals surface area (Å²) < 4.78 is 27.0. The van der Waals surface area contributed by atoms with Crippen molar-refractivity contribution < 1.29 is 13.5 Å². The Morgan fingerprint density at radius 2 is 2.00 bits per heavy atom. The number of aliphatic hydroxyl groups is 1. The molecule has 0 heterocycles. The van der Waals surface area contributed by atoms with E-state index < -0.39 is 16.1 Å². The Morgan fingerprint density at radius 1 is 1.33 bits per heavy atom. The van der Waals surface area contributed by atoms with Gasteiger partial charge in [-0.15, -0.1) is 0 Å². The average molecular weight is 312 g/mol. The quantitative estimate of drug-likeness (QED) is 0.880. The SMILES string of the molecule is Cc1ccc(CN)cc1S(=O)(=O)N(C)C1CCCCC1O. The fourth-order valence-electron chi connectivity index (χ4n) is 2.90. The molecule has 1 aromatic carbocycles. The van der Waals surface area contributed by atoms with E-state index in [9.17, 15) is 13.5 Å². The first-order chi connectivity index (χ1) is 9.87. The summed E-state index contributed by atoms with van der Waals surface area (Å²) in [6, 6.07) is 4.91. The second-order valence-corrected chi connectivity index (χ2v) is 7.71. The summed E-state index contributed by atoms with van der Waals surface area (Å²) in [6.07, 6.45) is 2.67. The van der Waals surface area contributed by atoms with E-state index in [-0.39, 0.29) is 10.9 Å². The van der Waals surface area contributed by atoms with Gasteiger partial charge in [-0.05, 0) is 37.0 Å². The molecule has 2 rings (SSSR count). The van der Waals surface area contributed by atoms with E-state index in [4.69, 9.17) is 5.73 Å². The molecular formula is C15H24N2O3S. The van der Waals surface area contributed by atoms with Crippen molar-refractivity contribution in [3.8, 4) is 0 Å². The molecule has 1 fully saturated rings. The second-order valence-electron chi connectivity index (χ2n) is 5.74. The molecule has 118 valence electrons. The first kappa shape index (κ1) is 16.4. The lowest BCUT2D eigenvalue weighted by atomic mass is 9.93. The predicted molar refractivity (Wildman–Crippen MR) is 82.3 cm³/mol. The molecular weight excluding hydrogens is 288 g/mol. The molecule has 2 atom stereocenters. The molecule has 0 bridgehead atoms. The van der Waals surface area contributed by atoms with Crippen LogP contribution in [0.15, 0.2) is 23.1 Å². The normalized spacial score (nSPS) is 23.5. The summed E-state index contributed by atoms with van der Waals surface area (Å²) in [6.45, 7) is 2.08. The van der Waals surface area contributed by atoms with Crippen molar-refractivity contribution >= 4 is 10.0 Å². The molecule has 0 amide bonds. The van der Waals surface area contributed by atoms with Crippen LogP contribution in [-0.4, -0.2) is 37.0 Å². The average Bonchev–Trinajstić information content (AvgIpc) is 2.47. The van der Waals surface area contributed by atoms with Gasteiger partial charge in [0.25, 0.3) is 0 Å². The van der Waals surface area contributed by atoms with Gasteiger partial charge in [-0.2, -0.15) is 4.31 Å². The summed E-state index contributed by atoms with van der Waals surface area (Å²) in [5.41, 5.74) is 7.09. The van der Waals surface area contributed by atoms with Gasteiger partial charge in [0.15, 0.2) is 0 Å². The van der Waals surface area contributed by atoms with Crippen LogP contribution in [0.25, 0.3) is 0 Å². The molecule has 0 saturated heterocycles. The summed E-state index contributed by atoms with van der Waals surface area (Å²) in [5.74, 6) is 0. The van der Waals surface area contributed by atoms with Crippen molar-refractivity contribution in [1.82, 2.24) is 4.31 Å². The van der Waals surface area contributed by atoms with Crippen LogP contribution in [0.2, 0.25) is 0 Å². The predicted octanol–water partition coefficient (Wildman–Crippen LogP) is 1.38. The van der Waals surface area contributed by atoms with Crippen LogP contribution < -0.4 is 5.73 Å². The molecule has 1 saturated carbocycles. The van der Waals surface area contributed by atoms with E-state index in [0.717, 1.165) is 18.4 Å². The van der Waals surface area contributed by atoms with Gasteiger partial charge >= 0.3 is 0 Å². The summed E-state index contributed by atoms with van der Waals surface area (Å²) in [7, 11) is -2.06. The third-order valence-electron chi connectivity index (χ3n) is 4.31. The molecule has 0 aliphatic heterocycles. The van der Waals surface area contributed by atoms with Crippen molar-refractivity contribution in [1.29, 1.82) is 0 Å². The maximum absolute atomic E-state index is 12.8. The van der Waals surface area contributed by atoms with Crippen molar-refractivity contribution in [3.63, 3.8) is 0 Å². The Morgan fingerprint density at radius 3 is 2.62 bits per heavy atom. The molecule has 3 N–H and O–H groups in total. The highest BCUT2D eigenvalue weighted by Gasteiger charge is 2.34. The number of aryl methyl sites for hydroxylation is 1. The van der Waals surface area contributed by atoms with Crippen LogP contribution >= 0.6 is 0 Å². The number of likely N-dealkylation sites (N-methyl/N-ethyl adjacent to an activating group) is 1. The maximum atomic E-state index is 12.8. The zero-order valence-electron chi connectivity index (χ0n) is 12.6. The summed E-state index contributed by atoms with van der Waals surface area (Å²) in [5, 5.41) is 10.1. The van der Waals surface area contributed by atoms with Crippen LogP contribution in [0.3, 0.4) is 0 Å². The Bertz CT molecular complexity index is 601. The highest BCUT2D eigenvalue weighted by atomic mass is 32.2. The molecule has 0 radical (unpaired) electrons. The van der Waals surface area contributed by atoms with Gasteiger partial charge in [0.2, 0.25) is 10.0 Å². The summed E-state index contributed by atoms with van der Waals surface area (Å²) in [4.78, 5) is 0.283. The third kappa shape index (κ3) is 3.29. The zero-order chi connectivity index (χ0) is 15.6. The van der Waals surface area contributed by atoms with E-state index in [1.807, 2.05) is 6.07 Å². The number of rotatable bonds is 4. The first-order valence-electron chi connectivity index (χ1n) is 7.33. The van der Waals surface area contributed by atoms with Gasteiger partial charge in [-0.25, -0.2) is 8.42 Å². The topological polar surface area (TPSA) is 83.6 Å². The number of nitrogens with zero attached hydrogens (tertiary/aromatic N) is 1. The van der Waals surface area contributed by atoms with Gasteiger partial charge in [-0.1, -0.05) is 25.0 Å². The number of hydrogen-bond acceptors (Lipinski definition) is 4.